The molecule has 0 aliphatic rings. The molecule has 28 heavy (non-hydrogen) atoms. The Balaban J connectivity index is 2.07. The van der Waals surface area contributed by atoms with Crippen molar-refractivity contribution in [2.45, 2.75) is 44.5 Å². The molecular formula is C22H24O6. The summed E-state index contributed by atoms with van der Waals surface area (Å²) in [4.78, 5) is 13.0. The monoisotopic (exact) mass is 384 g/mol. The van der Waals surface area contributed by atoms with Crippen LogP contribution in [0.5, 0.6) is 5.75 Å². The van der Waals surface area contributed by atoms with Crippen LogP contribution < -0.4 is 5.43 Å². The second-order valence-electron chi connectivity index (χ2n) is 7.12. The number of aliphatic hydroxyl groups excluding tert-OH is 3. The molecular weight excluding hydrogens is 360 g/mol. The number of phenols is 1. The predicted molar refractivity (Wildman–Crippen MR) is 106 cm³/mol. The van der Waals surface area contributed by atoms with E-state index in [0.717, 1.165) is 5.56 Å². The van der Waals surface area contributed by atoms with E-state index in [2.05, 4.69) is 0 Å². The van der Waals surface area contributed by atoms with Crippen LogP contribution in [0.15, 0.2) is 57.9 Å². The molecule has 1 heterocycles. The van der Waals surface area contributed by atoms with Crippen LogP contribution in [-0.2, 0) is 0 Å². The van der Waals surface area contributed by atoms with E-state index in [0.29, 0.717) is 16.5 Å². The van der Waals surface area contributed by atoms with Gasteiger partial charge < -0.3 is 24.8 Å². The van der Waals surface area contributed by atoms with E-state index in [9.17, 15) is 25.2 Å². The Morgan fingerprint density at radius 2 is 1.64 bits per heavy atom. The van der Waals surface area contributed by atoms with Crippen molar-refractivity contribution in [3.8, 4) is 16.9 Å². The van der Waals surface area contributed by atoms with Crippen molar-refractivity contribution in [1.29, 1.82) is 0 Å². The lowest BCUT2D eigenvalue weighted by atomic mass is 9.89. The molecule has 6 nitrogen and oxygen atoms in total. The van der Waals surface area contributed by atoms with Gasteiger partial charge >= 0.3 is 0 Å². The molecule has 3 rings (SSSR count). The molecule has 1 aromatic heterocycles. The van der Waals surface area contributed by atoms with Crippen molar-refractivity contribution in [2.75, 3.05) is 0 Å². The maximum absolute atomic E-state index is 13.0. The molecule has 0 amide bonds. The molecule has 0 saturated carbocycles. The first-order valence-electron chi connectivity index (χ1n) is 9.18. The normalized spacial score (nSPS) is 15.9. The number of benzene rings is 2. The summed E-state index contributed by atoms with van der Waals surface area (Å²) in [6, 6.07) is 12.0. The average molecular weight is 384 g/mol. The fourth-order valence-corrected chi connectivity index (χ4v) is 3.31. The van der Waals surface area contributed by atoms with Gasteiger partial charge in [-0.05, 0) is 24.6 Å². The van der Waals surface area contributed by atoms with E-state index in [1.54, 1.807) is 6.92 Å². The summed E-state index contributed by atoms with van der Waals surface area (Å²) in [5.74, 6) is -0.746. The molecule has 4 unspecified atom stereocenters. The Labute approximate surface area is 162 Å². The molecule has 0 fully saturated rings. The van der Waals surface area contributed by atoms with Crippen molar-refractivity contribution in [3.63, 3.8) is 0 Å². The highest BCUT2D eigenvalue weighted by Gasteiger charge is 2.27. The lowest BCUT2D eigenvalue weighted by Crippen LogP contribution is -2.30. The fraction of sp³-hybridized carbons (Fsp3) is 0.318. The van der Waals surface area contributed by atoms with Crippen molar-refractivity contribution >= 4 is 11.0 Å². The highest BCUT2D eigenvalue weighted by Crippen LogP contribution is 2.36. The molecule has 2 aromatic carbocycles. The second kappa shape index (κ2) is 8.14. The summed E-state index contributed by atoms with van der Waals surface area (Å²) in [6.45, 7) is 3.10. The summed E-state index contributed by atoms with van der Waals surface area (Å²) >= 11 is 0. The molecule has 3 aromatic rings. The maximum Gasteiger partial charge on any atom is 0.200 e. The fourth-order valence-electron chi connectivity index (χ4n) is 3.31. The van der Waals surface area contributed by atoms with Crippen LogP contribution in [0.3, 0.4) is 0 Å². The van der Waals surface area contributed by atoms with Gasteiger partial charge in [0.2, 0.25) is 5.43 Å². The number of rotatable bonds is 6. The lowest BCUT2D eigenvalue weighted by Gasteiger charge is -2.24. The Bertz CT molecular complexity index is 1010. The molecule has 0 bridgehead atoms. The number of phenolic OH excluding ortho intramolecular Hbond substituents is 1. The summed E-state index contributed by atoms with van der Waals surface area (Å²) in [6.07, 6.45) is -1.88. The largest absolute Gasteiger partial charge is 0.508 e. The summed E-state index contributed by atoms with van der Waals surface area (Å²) in [7, 11) is 0. The minimum absolute atomic E-state index is 0.0823. The van der Waals surface area contributed by atoms with Gasteiger partial charge in [-0.3, -0.25) is 4.79 Å². The first kappa shape index (κ1) is 20.1. The zero-order chi connectivity index (χ0) is 20.4. The minimum Gasteiger partial charge on any atom is -0.508 e. The van der Waals surface area contributed by atoms with Crippen LogP contribution in [0, 0.1) is 0 Å². The molecule has 148 valence electrons. The molecule has 0 aliphatic heterocycles. The van der Waals surface area contributed by atoms with Gasteiger partial charge in [-0.1, -0.05) is 37.3 Å². The first-order chi connectivity index (χ1) is 13.3. The van der Waals surface area contributed by atoms with Crippen LogP contribution >= 0.6 is 0 Å². The third-order valence-corrected chi connectivity index (χ3v) is 5.11. The van der Waals surface area contributed by atoms with Gasteiger partial charge in [0.05, 0.1) is 29.3 Å². The Morgan fingerprint density at radius 3 is 2.29 bits per heavy atom. The minimum atomic E-state index is -1.11. The number of hydrogen-bond donors (Lipinski definition) is 4. The molecule has 4 N–H and O–H groups in total. The SMILES string of the molecule is CC(O)C(O)CC(O)C(C)c1c(O)ccc2c(=O)c(-c3ccccc3)coc12. The third kappa shape index (κ3) is 3.80. The number of aromatic hydroxyl groups is 1. The zero-order valence-corrected chi connectivity index (χ0v) is 15.7. The standard InChI is InChI=1S/C22H24O6/c1-12(18(25)10-19(26)13(2)23)20-17(24)9-8-15-21(27)16(11-28-22(15)20)14-6-4-3-5-7-14/h3-9,11-13,18-19,23-26H,10H2,1-2H3. The van der Waals surface area contributed by atoms with E-state index in [1.807, 2.05) is 30.3 Å². The summed E-state index contributed by atoms with van der Waals surface area (Å²) < 4.78 is 5.73. The molecule has 0 aliphatic carbocycles. The number of aliphatic hydroxyl groups is 3. The van der Waals surface area contributed by atoms with Gasteiger partial charge in [0.1, 0.15) is 17.6 Å². The zero-order valence-electron chi connectivity index (χ0n) is 15.7. The van der Waals surface area contributed by atoms with Crippen molar-refractivity contribution in [1.82, 2.24) is 0 Å². The van der Waals surface area contributed by atoms with Gasteiger partial charge in [-0.25, -0.2) is 0 Å². The highest BCUT2D eigenvalue weighted by molar-refractivity contribution is 5.86. The molecule has 0 saturated heterocycles. The lowest BCUT2D eigenvalue weighted by molar-refractivity contribution is -0.00776. The van der Waals surface area contributed by atoms with Gasteiger partial charge in [0, 0.05) is 17.9 Å². The van der Waals surface area contributed by atoms with Crippen LogP contribution in [0.1, 0.15) is 31.7 Å². The summed E-state index contributed by atoms with van der Waals surface area (Å²) in [5, 5.41) is 40.4. The van der Waals surface area contributed by atoms with E-state index >= 15 is 0 Å². The van der Waals surface area contributed by atoms with Gasteiger partial charge in [-0.2, -0.15) is 0 Å². The van der Waals surface area contributed by atoms with Crippen LogP contribution in [0.25, 0.3) is 22.1 Å². The van der Waals surface area contributed by atoms with Gasteiger partial charge in [0.15, 0.2) is 0 Å². The van der Waals surface area contributed by atoms with Crippen molar-refractivity contribution in [3.05, 3.63) is 64.5 Å². The topological polar surface area (TPSA) is 111 Å². The molecule has 4 atom stereocenters. The van der Waals surface area contributed by atoms with E-state index < -0.39 is 24.2 Å². The Hall–Kier alpha value is -2.67. The van der Waals surface area contributed by atoms with Crippen molar-refractivity contribution < 1.29 is 24.8 Å². The number of hydrogen-bond acceptors (Lipinski definition) is 6. The third-order valence-electron chi connectivity index (χ3n) is 5.11. The van der Waals surface area contributed by atoms with E-state index in [-0.39, 0.29) is 23.2 Å². The van der Waals surface area contributed by atoms with E-state index in [1.165, 1.54) is 25.3 Å². The second-order valence-corrected chi connectivity index (χ2v) is 7.12. The Morgan fingerprint density at radius 1 is 0.964 bits per heavy atom. The van der Waals surface area contributed by atoms with Crippen LogP contribution in [0.4, 0.5) is 0 Å². The highest BCUT2D eigenvalue weighted by atomic mass is 16.3. The molecule has 6 heteroatoms. The Kier molecular flexibility index (Phi) is 5.84. The number of fused-ring (bicyclic) bond motifs is 1. The molecule has 0 spiro atoms. The smallest absolute Gasteiger partial charge is 0.200 e. The molecule has 0 radical (unpaired) electrons. The predicted octanol–water partition coefficient (Wildman–Crippen LogP) is 2.76. The van der Waals surface area contributed by atoms with Crippen LogP contribution in [-0.4, -0.2) is 38.7 Å². The maximum atomic E-state index is 13.0. The van der Waals surface area contributed by atoms with Crippen LogP contribution in [0.2, 0.25) is 0 Å². The van der Waals surface area contributed by atoms with Gasteiger partial charge in [0.25, 0.3) is 0 Å². The average Bonchev–Trinajstić information content (AvgIpc) is 2.68. The first-order valence-corrected chi connectivity index (χ1v) is 9.18. The van der Waals surface area contributed by atoms with E-state index in [4.69, 9.17) is 4.42 Å². The quantitative estimate of drug-likeness (QED) is 0.520. The van der Waals surface area contributed by atoms with Crippen molar-refractivity contribution in [2.24, 2.45) is 0 Å². The summed E-state index contributed by atoms with van der Waals surface area (Å²) in [5.41, 5.74) is 1.38. The van der Waals surface area contributed by atoms with Gasteiger partial charge in [-0.15, -0.1) is 0 Å².